The molecule has 0 saturated carbocycles. The maximum Gasteiger partial charge on any atom is 0.236 e. The average Bonchev–Trinajstić information content (AvgIpc) is 2.65. The Bertz CT molecular complexity index is 221. The molecular weight excluding hydrogens is 204 g/mol. The topological polar surface area (TPSA) is 43.8 Å². The predicted molar refractivity (Wildman–Crippen MR) is 64.2 cm³/mol. The highest BCUT2D eigenvalue weighted by Gasteiger charge is 2.23. The highest BCUT2D eigenvalue weighted by Crippen LogP contribution is 2.08. The minimum Gasteiger partial charge on any atom is -0.392 e. The summed E-state index contributed by atoms with van der Waals surface area (Å²) in [6, 6.07) is 0. The molecule has 1 rings (SSSR count). The van der Waals surface area contributed by atoms with Gasteiger partial charge in [0, 0.05) is 26.2 Å². The van der Waals surface area contributed by atoms with Gasteiger partial charge in [0.2, 0.25) is 5.91 Å². The van der Waals surface area contributed by atoms with E-state index in [0.717, 1.165) is 38.9 Å². The van der Waals surface area contributed by atoms with Gasteiger partial charge in [-0.25, -0.2) is 0 Å². The van der Waals surface area contributed by atoms with Crippen LogP contribution >= 0.6 is 0 Å². The van der Waals surface area contributed by atoms with Gasteiger partial charge in [0.05, 0.1) is 12.6 Å². The lowest BCUT2D eigenvalue weighted by Gasteiger charge is -2.23. The molecule has 1 fully saturated rings. The second-order valence-electron chi connectivity index (χ2n) is 4.50. The zero-order valence-corrected chi connectivity index (χ0v) is 10.5. The minimum atomic E-state index is -0.237. The van der Waals surface area contributed by atoms with Crippen molar-refractivity contribution in [3.05, 3.63) is 0 Å². The van der Waals surface area contributed by atoms with Gasteiger partial charge in [0.25, 0.3) is 0 Å². The minimum absolute atomic E-state index is 0.199. The molecule has 1 atom stereocenters. The van der Waals surface area contributed by atoms with E-state index in [1.54, 1.807) is 0 Å². The fourth-order valence-electron chi connectivity index (χ4n) is 2.06. The lowest BCUT2D eigenvalue weighted by atomic mass is 10.3. The second-order valence-corrected chi connectivity index (χ2v) is 4.50. The molecule has 0 bridgehead atoms. The first-order chi connectivity index (χ1) is 7.67. The van der Waals surface area contributed by atoms with Crippen LogP contribution in [0.4, 0.5) is 0 Å². The number of carbonyl (C=O) groups excluding carboxylic acids is 1. The van der Waals surface area contributed by atoms with E-state index in [4.69, 9.17) is 0 Å². The van der Waals surface area contributed by atoms with Gasteiger partial charge >= 0.3 is 0 Å². The normalized spacial score (nSPS) is 21.3. The molecule has 1 N–H and O–H groups in total. The van der Waals surface area contributed by atoms with Crippen molar-refractivity contribution in [3.8, 4) is 0 Å². The van der Waals surface area contributed by atoms with Gasteiger partial charge < -0.3 is 10.0 Å². The number of β-amino-alcohol motifs (C(OH)–C–C–N with tert-alkyl or cyclic N) is 1. The lowest BCUT2D eigenvalue weighted by molar-refractivity contribution is -0.132. The van der Waals surface area contributed by atoms with Crippen LogP contribution in [0.3, 0.4) is 0 Å². The van der Waals surface area contributed by atoms with E-state index in [9.17, 15) is 9.90 Å². The third-order valence-electron chi connectivity index (χ3n) is 3.12. The Kier molecular flexibility index (Phi) is 5.77. The molecule has 0 radical (unpaired) electrons. The van der Waals surface area contributed by atoms with Gasteiger partial charge in [0.1, 0.15) is 0 Å². The van der Waals surface area contributed by atoms with Gasteiger partial charge in [-0.1, -0.05) is 13.3 Å². The molecule has 1 aliphatic rings. The summed E-state index contributed by atoms with van der Waals surface area (Å²) in [6.07, 6.45) is 2.75. The van der Waals surface area contributed by atoms with Gasteiger partial charge in [-0.2, -0.15) is 0 Å². The smallest absolute Gasteiger partial charge is 0.236 e. The number of aliphatic hydroxyl groups is 1. The van der Waals surface area contributed by atoms with E-state index in [1.807, 2.05) is 16.7 Å². The number of amides is 1. The molecule has 0 aromatic rings. The molecule has 1 saturated heterocycles. The summed E-state index contributed by atoms with van der Waals surface area (Å²) in [4.78, 5) is 15.9. The largest absolute Gasteiger partial charge is 0.392 e. The molecule has 94 valence electrons. The standard InChI is InChI=1S/C12H24N2O2/c1-3-5-7-14(4-2)12(16)10-13-8-6-11(15)9-13/h11,15H,3-10H2,1-2H3/t11-/m1/s1. The number of likely N-dealkylation sites (tertiary alicyclic amines) is 1. The molecule has 1 amide bonds. The number of rotatable bonds is 6. The molecule has 0 spiro atoms. The van der Waals surface area contributed by atoms with Crippen LogP contribution in [0.15, 0.2) is 0 Å². The summed E-state index contributed by atoms with van der Waals surface area (Å²) in [5, 5.41) is 9.38. The van der Waals surface area contributed by atoms with E-state index >= 15 is 0 Å². The van der Waals surface area contributed by atoms with Gasteiger partial charge in [-0.15, -0.1) is 0 Å². The van der Waals surface area contributed by atoms with Crippen molar-refractivity contribution in [1.29, 1.82) is 0 Å². The fraction of sp³-hybridized carbons (Fsp3) is 0.917. The number of likely N-dealkylation sites (N-methyl/N-ethyl adjacent to an activating group) is 1. The van der Waals surface area contributed by atoms with Gasteiger partial charge in [0.15, 0.2) is 0 Å². The summed E-state index contributed by atoms with van der Waals surface area (Å²) in [7, 11) is 0. The van der Waals surface area contributed by atoms with E-state index in [0.29, 0.717) is 13.1 Å². The van der Waals surface area contributed by atoms with Crippen LogP contribution in [-0.4, -0.2) is 59.6 Å². The van der Waals surface area contributed by atoms with Crippen molar-refractivity contribution < 1.29 is 9.90 Å². The number of nitrogens with zero attached hydrogens (tertiary/aromatic N) is 2. The number of carbonyl (C=O) groups is 1. The third-order valence-corrected chi connectivity index (χ3v) is 3.12. The molecule has 0 aliphatic carbocycles. The average molecular weight is 228 g/mol. The van der Waals surface area contributed by atoms with Crippen molar-refractivity contribution in [3.63, 3.8) is 0 Å². The van der Waals surface area contributed by atoms with Crippen molar-refractivity contribution >= 4 is 5.91 Å². The number of hydrogen-bond donors (Lipinski definition) is 1. The third kappa shape index (κ3) is 4.10. The van der Waals surface area contributed by atoms with E-state index < -0.39 is 0 Å². The van der Waals surface area contributed by atoms with Crippen LogP contribution in [0.25, 0.3) is 0 Å². The first-order valence-corrected chi connectivity index (χ1v) is 6.35. The molecule has 1 heterocycles. The van der Waals surface area contributed by atoms with Crippen LogP contribution in [0.5, 0.6) is 0 Å². The van der Waals surface area contributed by atoms with Crippen molar-refractivity contribution in [2.24, 2.45) is 0 Å². The lowest BCUT2D eigenvalue weighted by Crippen LogP contribution is -2.40. The van der Waals surface area contributed by atoms with Gasteiger partial charge in [-0.3, -0.25) is 9.69 Å². The Labute approximate surface area is 98.2 Å². The highest BCUT2D eigenvalue weighted by molar-refractivity contribution is 5.78. The number of hydrogen-bond acceptors (Lipinski definition) is 3. The fourth-order valence-corrected chi connectivity index (χ4v) is 2.06. The summed E-state index contributed by atoms with van der Waals surface area (Å²) in [5.41, 5.74) is 0. The second kappa shape index (κ2) is 6.86. The van der Waals surface area contributed by atoms with E-state index in [1.165, 1.54) is 0 Å². The van der Waals surface area contributed by atoms with Crippen molar-refractivity contribution in [2.75, 3.05) is 32.7 Å². The quantitative estimate of drug-likeness (QED) is 0.728. The highest BCUT2D eigenvalue weighted by atomic mass is 16.3. The van der Waals surface area contributed by atoms with E-state index in [2.05, 4.69) is 6.92 Å². The Morgan fingerprint density at radius 2 is 2.25 bits per heavy atom. The maximum atomic E-state index is 11.9. The number of aliphatic hydroxyl groups excluding tert-OH is 1. The summed E-state index contributed by atoms with van der Waals surface area (Å²) in [5.74, 6) is 0.199. The maximum absolute atomic E-state index is 11.9. The first kappa shape index (κ1) is 13.5. The molecular formula is C12H24N2O2. The predicted octanol–water partition coefficient (Wildman–Crippen LogP) is 0.702. The van der Waals surface area contributed by atoms with Crippen LogP contribution in [0.1, 0.15) is 33.1 Å². The summed E-state index contributed by atoms with van der Waals surface area (Å²) < 4.78 is 0. The SMILES string of the molecule is CCCCN(CC)C(=O)CN1CC[C@@H](O)C1. The van der Waals surface area contributed by atoms with Crippen LogP contribution in [0.2, 0.25) is 0 Å². The Morgan fingerprint density at radius 3 is 2.75 bits per heavy atom. The zero-order chi connectivity index (χ0) is 12.0. The Hall–Kier alpha value is -0.610. The summed E-state index contributed by atoms with van der Waals surface area (Å²) >= 11 is 0. The van der Waals surface area contributed by atoms with Gasteiger partial charge in [-0.05, 0) is 19.8 Å². The molecule has 16 heavy (non-hydrogen) atoms. The van der Waals surface area contributed by atoms with Crippen LogP contribution in [-0.2, 0) is 4.79 Å². The molecule has 0 unspecified atom stereocenters. The summed E-state index contributed by atoms with van der Waals surface area (Å²) in [6.45, 7) is 7.77. The van der Waals surface area contributed by atoms with Crippen molar-refractivity contribution in [1.82, 2.24) is 9.80 Å². The monoisotopic (exact) mass is 228 g/mol. The van der Waals surface area contributed by atoms with Crippen LogP contribution in [0, 0.1) is 0 Å². The molecule has 0 aromatic carbocycles. The molecule has 1 aliphatic heterocycles. The van der Waals surface area contributed by atoms with Crippen LogP contribution < -0.4 is 0 Å². The zero-order valence-electron chi connectivity index (χ0n) is 10.5. The van der Waals surface area contributed by atoms with Crippen molar-refractivity contribution in [2.45, 2.75) is 39.2 Å². The Morgan fingerprint density at radius 1 is 1.50 bits per heavy atom. The Balaban J connectivity index is 2.31. The molecule has 0 aromatic heterocycles. The number of unbranched alkanes of at least 4 members (excludes halogenated alkanes) is 1. The van der Waals surface area contributed by atoms with E-state index in [-0.39, 0.29) is 12.0 Å². The molecule has 4 heteroatoms. The first-order valence-electron chi connectivity index (χ1n) is 6.35. The molecule has 4 nitrogen and oxygen atoms in total.